The summed E-state index contributed by atoms with van der Waals surface area (Å²) in [6, 6.07) is 17.6. The molecular weight excluding hydrogens is 454 g/mol. The number of benzene rings is 2. The largest absolute Gasteiger partial charge is 0.457 e. The fourth-order valence-corrected chi connectivity index (χ4v) is 4.42. The number of aromatic nitrogens is 3. The number of pyridine rings is 1. The summed E-state index contributed by atoms with van der Waals surface area (Å²) < 4.78 is 8.00. The number of carbonyl (C=O) groups excluding carboxylic acids is 1. The Morgan fingerprint density at radius 3 is 2.47 bits per heavy atom. The Morgan fingerprint density at radius 1 is 1.00 bits per heavy atom. The van der Waals surface area contributed by atoms with Crippen LogP contribution in [0, 0.1) is 0 Å². The Morgan fingerprint density at radius 2 is 1.75 bits per heavy atom. The second-order valence-corrected chi connectivity index (χ2v) is 8.80. The molecule has 2 aromatic carbocycles. The lowest BCUT2D eigenvalue weighted by atomic mass is 10.2. The van der Waals surface area contributed by atoms with Gasteiger partial charge < -0.3 is 29.7 Å². The van der Waals surface area contributed by atoms with E-state index in [9.17, 15) is 4.79 Å². The van der Waals surface area contributed by atoms with Crippen LogP contribution in [0.4, 0.5) is 17.3 Å². The third kappa shape index (κ3) is 4.96. The number of carbonyl (C=O) groups is 1. The first kappa shape index (κ1) is 23.6. The summed E-state index contributed by atoms with van der Waals surface area (Å²) in [5.41, 5.74) is 4.33. The molecule has 2 N–H and O–H groups in total. The van der Waals surface area contributed by atoms with Gasteiger partial charge in [-0.25, -0.2) is 4.98 Å². The number of piperazine rings is 1. The minimum atomic E-state index is -0.261. The van der Waals surface area contributed by atoms with E-state index in [2.05, 4.69) is 56.6 Å². The molecule has 5 rings (SSSR count). The number of amides is 1. The molecule has 0 aliphatic carbocycles. The molecule has 9 nitrogen and oxygen atoms in total. The summed E-state index contributed by atoms with van der Waals surface area (Å²) in [6.07, 6.45) is 1.55. The van der Waals surface area contributed by atoms with Gasteiger partial charge in [0.1, 0.15) is 17.2 Å². The molecule has 3 heterocycles. The van der Waals surface area contributed by atoms with Gasteiger partial charge in [0.25, 0.3) is 5.91 Å². The summed E-state index contributed by atoms with van der Waals surface area (Å²) in [5.74, 6) is 1.66. The van der Waals surface area contributed by atoms with Crippen LogP contribution in [0.25, 0.3) is 11.0 Å². The predicted octanol–water partition coefficient (Wildman–Crippen LogP) is 4.01. The molecule has 0 unspecified atom stereocenters. The maximum Gasteiger partial charge on any atom is 0.269 e. The highest BCUT2D eigenvalue weighted by Crippen LogP contribution is 2.29. The van der Waals surface area contributed by atoms with Crippen molar-refractivity contribution in [2.24, 2.45) is 7.05 Å². The van der Waals surface area contributed by atoms with Crippen LogP contribution in [-0.2, 0) is 7.05 Å². The summed E-state index contributed by atoms with van der Waals surface area (Å²) in [5, 5.41) is 6.00. The van der Waals surface area contributed by atoms with Crippen LogP contribution in [-0.4, -0.2) is 65.1 Å². The van der Waals surface area contributed by atoms with Crippen LogP contribution in [0.2, 0.25) is 0 Å². The molecule has 1 aliphatic heterocycles. The van der Waals surface area contributed by atoms with Crippen molar-refractivity contribution in [3.05, 3.63) is 66.5 Å². The Kier molecular flexibility index (Phi) is 6.73. The smallest absolute Gasteiger partial charge is 0.269 e. The molecule has 0 saturated carbocycles. The van der Waals surface area contributed by atoms with E-state index in [1.807, 2.05) is 29.8 Å². The fraction of sp³-hybridized carbons (Fsp3) is 0.296. The first-order valence-corrected chi connectivity index (χ1v) is 12.2. The minimum absolute atomic E-state index is 0.261. The molecule has 0 radical (unpaired) electrons. The van der Waals surface area contributed by atoms with Crippen molar-refractivity contribution in [3.63, 3.8) is 0 Å². The van der Waals surface area contributed by atoms with E-state index in [-0.39, 0.29) is 5.91 Å². The normalized spacial score (nSPS) is 14.1. The quantitative estimate of drug-likeness (QED) is 0.409. The van der Waals surface area contributed by atoms with Gasteiger partial charge in [0.05, 0.1) is 11.0 Å². The van der Waals surface area contributed by atoms with E-state index in [4.69, 9.17) is 9.72 Å². The Bertz CT molecular complexity index is 1360. The van der Waals surface area contributed by atoms with Gasteiger partial charge in [-0.05, 0) is 49.0 Å². The van der Waals surface area contributed by atoms with Crippen molar-refractivity contribution in [2.45, 2.75) is 6.92 Å². The SMILES string of the molecule is CCN1CCN(c2ccc(Nc3nc4cc(Oc5ccnc(C(=O)NC)c5)ccc4n3C)cc2)CC1. The fourth-order valence-electron chi connectivity index (χ4n) is 4.42. The van der Waals surface area contributed by atoms with Crippen molar-refractivity contribution in [3.8, 4) is 11.5 Å². The van der Waals surface area contributed by atoms with Gasteiger partial charge in [-0.15, -0.1) is 0 Å². The lowest BCUT2D eigenvalue weighted by Gasteiger charge is -2.35. The monoisotopic (exact) mass is 485 g/mol. The van der Waals surface area contributed by atoms with Crippen LogP contribution < -0.4 is 20.3 Å². The number of nitrogens with zero attached hydrogens (tertiary/aromatic N) is 5. The van der Waals surface area contributed by atoms with E-state index < -0.39 is 0 Å². The van der Waals surface area contributed by atoms with Gasteiger partial charge >= 0.3 is 0 Å². The van der Waals surface area contributed by atoms with Gasteiger partial charge in [0, 0.05) is 70.0 Å². The van der Waals surface area contributed by atoms with E-state index in [1.54, 1.807) is 25.4 Å². The van der Waals surface area contributed by atoms with Gasteiger partial charge in [-0.1, -0.05) is 6.92 Å². The zero-order chi connectivity index (χ0) is 25.1. The third-order valence-electron chi connectivity index (χ3n) is 6.59. The highest BCUT2D eigenvalue weighted by atomic mass is 16.5. The lowest BCUT2D eigenvalue weighted by Crippen LogP contribution is -2.46. The summed E-state index contributed by atoms with van der Waals surface area (Å²) in [6.45, 7) is 7.67. The van der Waals surface area contributed by atoms with Crippen molar-refractivity contribution in [1.29, 1.82) is 0 Å². The summed E-state index contributed by atoms with van der Waals surface area (Å²) in [4.78, 5) is 25.6. The zero-order valence-corrected chi connectivity index (χ0v) is 20.9. The Balaban J connectivity index is 1.29. The highest BCUT2D eigenvalue weighted by molar-refractivity contribution is 5.92. The molecule has 1 amide bonds. The molecule has 9 heteroatoms. The molecule has 186 valence electrons. The van der Waals surface area contributed by atoms with Gasteiger partial charge in [0.15, 0.2) is 0 Å². The summed E-state index contributed by atoms with van der Waals surface area (Å²) >= 11 is 0. The van der Waals surface area contributed by atoms with Gasteiger partial charge in [-0.3, -0.25) is 9.78 Å². The third-order valence-corrected chi connectivity index (χ3v) is 6.59. The first-order valence-electron chi connectivity index (χ1n) is 12.2. The first-order chi connectivity index (χ1) is 17.5. The highest BCUT2D eigenvalue weighted by Gasteiger charge is 2.16. The summed E-state index contributed by atoms with van der Waals surface area (Å²) in [7, 11) is 3.55. The number of ether oxygens (including phenoxy) is 1. The van der Waals surface area contributed by atoms with Crippen LogP contribution in [0.15, 0.2) is 60.8 Å². The van der Waals surface area contributed by atoms with Crippen LogP contribution in [0.1, 0.15) is 17.4 Å². The van der Waals surface area contributed by atoms with E-state index >= 15 is 0 Å². The van der Waals surface area contributed by atoms with E-state index in [0.717, 1.165) is 55.4 Å². The molecule has 1 aliphatic rings. The molecule has 0 atom stereocenters. The number of nitrogens with one attached hydrogen (secondary N) is 2. The molecule has 0 bridgehead atoms. The number of likely N-dealkylation sites (N-methyl/N-ethyl adjacent to an activating group) is 1. The van der Waals surface area contributed by atoms with Crippen molar-refractivity contribution < 1.29 is 9.53 Å². The number of hydrogen-bond donors (Lipinski definition) is 2. The predicted molar refractivity (Wildman–Crippen MR) is 142 cm³/mol. The average Bonchev–Trinajstić information content (AvgIpc) is 3.23. The molecule has 36 heavy (non-hydrogen) atoms. The number of anilines is 3. The maximum absolute atomic E-state index is 11.9. The minimum Gasteiger partial charge on any atom is -0.457 e. The van der Waals surface area contributed by atoms with Crippen molar-refractivity contribution in [2.75, 3.05) is 50.0 Å². The standard InChI is InChI=1S/C27H31N7O2/c1-4-33-13-15-34(16-14-33)20-7-5-19(6-8-20)30-27-31-23-17-21(9-10-25(23)32(27)3)36-22-11-12-29-24(18-22)26(35)28-2/h5-12,17-18H,4,13-16H2,1-3H3,(H,28,35)(H,30,31). The van der Waals surface area contributed by atoms with Crippen molar-refractivity contribution in [1.82, 2.24) is 24.8 Å². The van der Waals surface area contributed by atoms with Gasteiger partial charge in [-0.2, -0.15) is 0 Å². The van der Waals surface area contributed by atoms with E-state index in [1.165, 1.54) is 5.69 Å². The topological polar surface area (TPSA) is 87.6 Å². The van der Waals surface area contributed by atoms with Gasteiger partial charge in [0.2, 0.25) is 5.95 Å². The molecule has 1 fully saturated rings. The average molecular weight is 486 g/mol. The maximum atomic E-state index is 11.9. The number of fused-ring (bicyclic) bond motifs is 1. The van der Waals surface area contributed by atoms with Crippen LogP contribution in [0.3, 0.4) is 0 Å². The zero-order valence-electron chi connectivity index (χ0n) is 20.9. The lowest BCUT2D eigenvalue weighted by molar-refractivity contribution is 0.0958. The van der Waals surface area contributed by atoms with Crippen LogP contribution in [0.5, 0.6) is 11.5 Å². The van der Waals surface area contributed by atoms with E-state index in [0.29, 0.717) is 17.2 Å². The molecule has 4 aromatic rings. The molecular formula is C27H31N7O2. The molecule has 0 spiro atoms. The number of imidazole rings is 1. The van der Waals surface area contributed by atoms with Crippen LogP contribution >= 0.6 is 0 Å². The Hall–Kier alpha value is -4.11. The number of rotatable bonds is 7. The molecule has 1 saturated heterocycles. The number of hydrogen-bond acceptors (Lipinski definition) is 7. The second kappa shape index (κ2) is 10.2. The molecule has 2 aromatic heterocycles. The second-order valence-electron chi connectivity index (χ2n) is 8.80. The van der Waals surface area contributed by atoms with Crippen molar-refractivity contribution >= 4 is 34.3 Å². The number of aryl methyl sites for hydroxylation is 1. The Labute approximate surface area is 210 Å².